The lowest BCUT2D eigenvalue weighted by molar-refractivity contribution is -0.392. The van der Waals surface area contributed by atoms with Crippen LogP contribution in [0.5, 0.6) is 0 Å². The highest BCUT2D eigenvalue weighted by atomic mass is 32.2. The van der Waals surface area contributed by atoms with E-state index in [0.29, 0.717) is 26.3 Å². The highest BCUT2D eigenvalue weighted by Gasteiger charge is 2.22. The first kappa shape index (κ1) is 16.8. The molecule has 0 radical (unpaired) electrons. The number of hydrogen-bond donors (Lipinski definition) is 2. The minimum absolute atomic E-state index is 0.181. The van der Waals surface area contributed by atoms with Gasteiger partial charge in [-0.3, -0.25) is 4.90 Å². The van der Waals surface area contributed by atoms with E-state index in [-0.39, 0.29) is 18.2 Å². The van der Waals surface area contributed by atoms with Gasteiger partial charge in [0.15, 0.2) is 0 Å². The Kier molecular flexibility index (Phi) is 5.42. The molecule has 0 bridgehead atoms. The fourth-order valence-electron chi connectivity index (χ4n) is 2.17. The van der Waals surface area contributed by atoms with Gasteiger partial charge in [-0.15, -0.1) is 0 Å². The van der Waals surface area contributed by atoms with Crippen LogP contribution in [0.2, 0.25) is 0 Å². The molecule has 0 saturated carbocycles. The van der Waals surface area contributed by atoms with E-state index in [0.717, 1.165) is 19.3 Å². The number of nitrogens with two attached hydrogens (primary N) is 1. The van der Waals surface area contributed by atoms with Crippen molar-refractivity contribution in [1.29, 1.82) is 0 Å². The van der Waals surface area contributed by atoms with Gasteiger partial charge in [0, 0.05) is 19.6 Å². The molecule has 1 fully saturated rings. The summed E-state index contributed by atoms with van der Waals surface area (Å²) in [5, 5.41) is 15.9. The van der Waals surface area contributed by atoms with Crippen molar-refractivity contribution in [3.63, 3.8) is 0 Å². The normalized spacial score (nSPS) is 16.8. The van der Waals surface area contributed by atoms with Crippen LogP contribution in [0.15, 0.2) is 6.20 Å². The minimum atomic E-state index is -3.89. The number of nitro groups is 1. The van der Waals surface area contributed by atoms with Crippen LogP contribution < -0.4 is 9.86 Å². The molecule has 1 saturated heterocycles. The van der Waals surface area contributed by atoms with E-state index in [1.165, 1.54) is 4.57 Å². The molecule has 2 heterocycles. The molecule has 1 aliphatic rings. The molecule has 12 heteroatoms. The van der Waals surface area contributed by atoms with E-state index in [4.69, 9.17) is 9.88 Å². The molecule has 1 aliphatic heterocycles. The van der Waals surface area contributed by atoms with Crippen molar-refractivity contribution in [2.45, 2.75) is 13.1 Å². The van der Waals surface area contributed by atoms with Crippen molar-refractivity contribution in [3.05, 3.63) is 22.1 Å². The monoisotopic (exact) mass is 334 g/mol. The summed E-state index contributed by atoms with van der Waals surface area (Å²) < 4.78 is 30.6. The molecule has 0 spiro atoms. The molecule has 1 aromatic rings. The average Bonchev–Trinajstić information content (AvgIpc) is 2.86. The van der Waals surface area contributed by atoms with Crippen LogP contribution in [-0.4, -0.2) is 60.6 Å². The molecule has 0 unspecified atom stereocenters. The average molecular weight is 334 g/mol. The van der Waals surface area contributed by atoms with E-state index in [1.807, 2.05) is 0 Å². The Balaban J connectivity index is 2.08. The topological polar surface area (TPSA) is 146 Å². The molecule has 11 nitrogen and oxygen atoms in total. The Labute approximate surface area is 127 Å². The summed E-state index contributed by atoms with van der Waals surface area (Å²) in [6, 6.07) is 0. The van der Waals surface area contributed by atoms with E-state index < -0.39 is 15.1 Å². The molecule has 3 N–H and O–H groups in total. The van der Waals surface area contributed by atoms with E-state index in [1.54, 1.807) is 0 Å². The highest BCUT2D eigenvalue weighted by molar-refractivity contribution is 7.87. The van der Waals surface area contributed by atoms with E-state index in [2.05, 4.69) is 14.6 Å². The van der Waals surface area contributed by atoms with Gasteiger partial charge in [-0.1, -0.05) is 0 Å². The largest absolute Gasteiger partial charge is 0.379 e. The SMILES string of the molecule is NS(=O)(=O)NCc1ncc([N+](=O)[O-])n1CCN1CCOCC1. The Morgan fingerprint density at radius 3 is 2.68 bits per heavy atom. The van der Waals surface area contributed by atoms with Crippen molar-refractivity contribution in [1.82, 2.24) is 19.2 Å². The second-order valence-electron chi connectivity index (χ2n) is 4.76. The Morgan fingerprint density at radius 2 is 2.09 bits per heavy atom. The Hall–Kier alpha value is -1.60. The lowest BCUT2D eigenvalue weighted by Gasteiger charge is -2.25. The maximum Gasteiger partial charge on any atom is 0.342 e. The van der Waals surface area contributed by atoms with Crippen LogP contribution in [0.1, 0.15) is 5.82 Å². The van der Waals surface area contributed by atoms with Crippen molar-refractivity contribution in [2.24, 2.45) is 5.14 Å². The number of nitrogens with one attached hydrogen (secondary N) is 1. The molecule has 0 aromatic carbocycles. The number of ether oxygens (including phenoxy) is 1. The molecule has 0 aliphatic carbocycles. The number of aromatic nitrogens is 2. The van der Waals surface area contributed by atoms with Gasteiger partial charge in [-0.05, 0) is 4.92 Å². The van der Waals surface area contributed by atoms with E-state index >= 15 is 0 Å². The number of imidazole rings is 1. The maximum atomic E-state index is 11.0. The van der Waals surface area contributed by atoms with Crippen molar-refractivity contribution in [3.8, 4) is 0 Å². The quantitative estimate of drug-likeness (QED) is 0.452. The first-order chi connectivity index (χ1) is 10.4. The zero-order valence-corrected chi connectivity index (χ0v) is 12.7. The Bertz CT molecular complexity index is 624. The molecular weight excluding hydrogens is 316 g/mol. The summed E-state index contributed by atoms with van der Waals surface area (Å²) >= 11 is 0. The van der Waals surface area contributed by atoms with Gasteiger partial charge in [0.2, 0.25) is 5.82 Å². The van der Waals surface area contributed by atoms with Gasteiger partial charge in [0.05, 0.1) is 19.8 Å². The van der Waals surface area contributed by atoms with Gasteiger partial charge in [-0.25, -0.2) is 14.7 Å². The maximum absolute atomic E-state index is 11.0. The molecule has 0 atom stereocenters. The third-order valence-corrected chi connectivity index (χ3v) is 3.83. The number of nitrogens with zero attached hydrogens (tertiary/aromatic N) is 4. The molecule has 0 amide bonds. The fraction of sp³-hybridized carbons (Fsp3) is 0.700. The van der Waals surface area contributed by atoms with Crippen LogP contribution in [0, 0.1) is 10.1 Å². The first-order valence-corrected chi connectivity index (χ1v) is 8.18. The van der Waals surface area contributed by atoms with Crippen LogP contribution in [0.25, 0.3) is 0 Å². The smallest absolute Gasteiger partial charge is 0.342 e. The van der Waals surface area contributed by atoms with Gasteiger partial charge >= 0.3 is 5.82 Å². The third-order valence-electron chi connectivity index (χ3n) is 3.28. The van der Waals surface area contributed by atoms with Crippen LogP contribution >= 0.6 is 0 Å². The fourth-order valence-corrected chi connectivity index (χ4v) is 2.50. The summed E-state index contributed by atoms with van der Waals surface area (Å²) in [5.41, 5.74) is 0. The predicted molar refractivity (Wildman–Crippen MR) is 76.1 cm³/mol. The predicted octanol–water partition coefficient (Wildman–Crippen LogP) is -1.58. The molecular formula is C10H18N6O5S. The standard InChI is InChI=1S/C10H18N6O5S/c11-22(19,20)13-7-9-12-8-10(16(17)18)15(9)2-1-14-3-5-21-6-4-14/h8,13H,1-7H2,(H2,11,19,20). The summed E-state index contributed by atoms with van der Waals surface area (Å²) in [5.74, 6) is 0.0634. The second kappa shape index (κ2) is 7.11. The van der Waals surface area contributed by atoms with Gasteiger partial charge in [-0.2, -0.15) is 13.1 Å². The number of rotatable bonds is 7. The lowest BCUT2D eigenvalue weighted by atomic mass is 10.4. The van der Waals surface area contributed by atoms with Crippen molar-refractivity contribution in [2.75, 3.05) is 32.8 Å². The third kappa shape index (κ3) is 4.71. The zero-order chi connectivity index (χ0) is 16.2. The summed E-state index contributed by atoms with van der Waals surface area (Å²) in [6.45, 7) is 3.49. The van der Waals surface area contributed by atoms with Gasteiger partial charge in [0.1, 0.15) is 12.7 Å². The number of morpholine rings is 1. The zero-order valence-electron chi connectivity index (χ0n) is 11.8. The van der Waals surface area contributed by atoms with E-state index in [9.17, 15) is 18.5 Å². The van der Waals surface area contributed by atoms with Crippen LogP contribution in [-0.2, 0) is 28.0 Å². The van der Waals surface area contributed by atoms with Gasteiger partial charge < -0.3 is 14.9 Å². The lowest BCUT2D eigenvalue weighted by Crippen LogP contribution is -2.38. The van der Waals surface area contributed by atoms with Crippen molar-refractivity contribution >= 4 is 16.0 Å². The first-order valence-electron chi connectivity index (χ1n) is 6.63. The van der Waals surface area contributed by atoms with Gasteiger partial charge in [0.25, 0.3) is 10.2 Å². The summed E-state index contributed by atoms with van der Waals surface area (Å²) in [7, 11) is -3.89. The van der Waals surface area contributed by atoms with Crippen LogP contribution in [0.3, 0.4) is 0 Å². The summed E-state index contributed by atoms with van der Waals surface area (Å²) in [4.78, 5) is 16.5. The highest BCUT2D eigenvalue weighted by Crippen LogP contribution is 2.14. The molecule has 2 rings (SSSR count). The molecule has 1 aromatic heterocycles. The minimum Gasteiger partial charge on any atom is -0.379 e. The molecule has 124 valence electrons. The van der Waals surface area contributed by atoms with Crippen LogP contribution in [0.4, 0.5) is 5.82 Å². The number of hydrogen-bond acceptors (Lipinski definition) is 7. The second-order valence-corrected chi connectivity index (χ2v) is 6.14. The Morgan fingerprint density at radius 1 is 1.41 bits per heavy atom. The summed E-state index contributed by atoms with van der Waals surface area (Å²) in [6.07, 6.45) is 1.11. The molecule has 22 heavy (non-hydrogen) atoms. The van der Waals surface area contributed by atoms with Crippen molar-refractivity contribution < 1.29 is 18.1 Å².